The second-order valence-corrected chi connectivity index (χ2v) is 8.41. The van der Waals surface area contributed by atoms with Crippen LogP contribution in [0.5, 0.6) is 0 Å². The van der Waals surface area contributed by atoms with Gasteiger partial charge in [0.05, 0.1) is 0 Å². The molecular formula is C27H29N3O3. The van der Waals surface area contributed by atoms with Gasteiger partial charge in [0.1, 0.15) is 12.6 Å². The number of benzene rings is 3. The molecule has 1 aliphatic heterocycles. The van der Waals surface area contributed by atoms with Crippen LogP contribution < -0.4 is 10.2 Å². The maximum atomic E-state index is 13.0. The number of ether oxygens (including phenoxy) is 1. The molecule has 0 aliphatic carbocycles. The zero-order valence-electron chi connectivity index (χ0n) is 19.0. The van der Waals surface area contributed by atoms with Crippen molar-refractivity contribution in [1.82, 2.24) is 4.90 Å². The first-order chi connectivity index (χ1) is 16.0. The van der Waals surface area contributed by atoms with Crippen molar-refractivity contribution in [3.63, 3.8) is 0 Å². The van der Waals surface area contributed by atoms with Crippen molar-refractivity contribution in [2.45, 2.75) is 25.5 Å². The molecule has 0 radical (unpaired) electrons. The van der Waals surface area contributed by atoms with E-state index in [9.17, 15) is 9.59 Å². The van der Waals surface area contributed by atoms with Crippen molar-refractivity contribution in [2.75, 3.05) is 30.9 Å². The summed E-state index contributed by atoms with van der Waals surface area (Å²) < 4.78 is 5.45. The van der Waals surface area contributed by atoms with E-state index in [4.69, 9.17) is 4.74 Å². The average Bonchev–Trinajstić information content (AvgIpc) is 3.34. The zero-order valence-corrected chi connectivity index (χ0v) is 19.0. The monoisotopic (exact) mass is 443 g/mol. The molecule has 6 heteroatoms. The molecule has 0 saturated carbocycles. The van der Waals surface area contributed by atoms with Crippen LogP contribution >= 0.6 is 0 Å². The van der Waals surface area contributed by atoms with E-state index in [2.05, 4.69) is 28.4 Å². The Bertz CT molecular complexity index is 1110. The largest absolute Gasteiger partial charge is 0.445 e. The van der Waals surface area contributed by atoms with E-state index < -0.39 is 12.1 Å². The number of rotatable bonds is 6. The molecule has 1 atom stereocenters. The highest BCUT2D eigenvalue weighted by molar-refractivity contribution is 5.97. The Balaban J connectivity index is 1.41. The highest BCUT2D eigenvalue weighted by Crippen LogP contribution is 2.27. The van der Waals surface area contributed by atoms with Crippen LogP contribution in [-0.2, 0) is 16.1 Å². The summed E-state index contributed by atoms with van der Waals surface area (Å²) in [6.45, 7) is 0.710. The summed E-state index contributed by atoms with van der Waals surface area (Å²) >= 11 is 0. The van der Waals surface area contributed by atoms with Gasteiger partial charge in [-0.15, -0.1) is 0 Å². The van der Waals surface area contributed by atoms with Gasteiger partial charge >= 0.3 is 6.09 Å². The van der Waals surface area contributed by atoms with Crippen LogP contribution in [0.3, 0.4) is 0 Å². The first-order valence-corrected chi connectivity index (χ1v) is 11.2. The van der Waals surface area contributed by atoms with Gasteiger partial charge in [-0.05, 0) is 53.8 Å². The molecule has 1 N–H and O–H groups in total. The summed E-state index contributed by atoms with van der Waals surface area (Å²) in [5.74, 6) is -0.191. The Morgan fingerprint density at radius 3 is 2.45 bits per heavy atom. The minimum atomic E-state index is -0.533. The van der Waals surface area contributed by atoms with Crippen LogP contribution in [0.15, 0.2) is 78.9 Å². The van der Waals surface area contributed by atoms with Crippen LogP contribution in [0.4, 0.5) is 16.2 Å². The molecular weight excluding hydrogens is 414 g/mol. The van der Waals surface area contributed by atoms with Gasteiger partial charge in [0.2, 0.25) is 5.91 Å². The lowest BCUT2D eigenvalue weighted by molar-refractivity contribution is -0.120. The molecule has 1 saturated heterocycles. The van der Waals surface area contributed by atoms with Gasteiger partial charge in [-0.2, -0.15) is 0 Å². The van der Waals surface area contributed by atoms with E-state index in [0.717, 1.165) is 28.8 Å². The van der Waals surface area contributed by atoms with Crippen LogP contribution in [0.2, 0.25) is 0 Å². The van der Waals surface area contributed by atoms with Gasteiger partial charge in [0.25, 0.3) is 0 Å². The molecule has 4 rings (SSSR count). The molecule has 3 aromatic carbocycles. The zero-order chi connectivity index (χ0) is 23.2. The molecule has 0 bridgehead atoms. The molecule has 6 nitrogen and oxygen atoms in total. The summed E-state index contributed by atoms with van der Waals surface area (Å²) in [6.07, 6.45) is 0.943. The van der Waals surface area contributed by atoms with E-state index in [-0.39, 0.29) is 12.5 Å². The van der Waals surface area contributed by atoms with Gasteiger partial charge in [0.15, 0.2) is 0 Å². The SMILES string of the molecule is CN(C)c1cccc(-c2cccc(NC(=O)C3CCCN3C(=O)OCc3ccccc3)c2)c1. The third-order valence-electron chi connectivity index (χ3n) is 5.82. The Hall–Kier alpha value is -3.80. The number of likely N-dealkylation sites (tertiary alicyclic amines) is 1. The summed E-state index contributed by atoms with van der Waals surface area (Å²) in [5.41, 5.74) is 4.82. The molecule has 1 aliphatic rings. The number of carbonyl (C=O) groups is 2. The van der Waals surface area contributed by atoms with Gasteiger partial charge in [-0.1, -0.05) is 54.6 Å². The Kier molecular flexibility index (Phi) is 6.93. The first-order valence-electron chi connectivity index (χ1n) is 11.2. The fourth-order valence-electron chi connectivity index (χ4n) is 4.03. The first kappa shape index (κ1) is 22.4. The molecule has 0 aromatic heterocycles. The summed E-state index contributed by atoms with van der Waals surface area (Å²) in [7, 11) is 4.02. The Labute approximate surface area is 194 Å². The molecule has 1 heterocycles. The molecule has 0 spiro atoms. The average molecular weight is 444 g/mol. The maximum Gasteiger partial charge on any atom is 0.410 e. The lowest BCUT2D eigenvalue weighted by atomic mass is 10.0. The van der Waals surface area contributed by atoms with Crippen molar-refractivity contribution >= 4 is 23.4 Å². The number of hydrogen-bond acceptors (Lipinski definition) is 4. The summed E-state index contributed by atoms with van der Waals surface area (Å²) in [6, 6.07) is 25.0. The highest BCUT2D eigenvalue weighted by Gasteiger charge is 2.35. The van der Waals surface area contributed by atoms with E-state index in [0.29, 0.717) is 18.7 Å². The second-order valence-electron chi connectivity index (χ2n) is 8.41. The number of hydrogen-bond donors (Lipinski definition) is 1. The van der Waals surface area contributed by atoms with Crippen molar-refractivity contribution < 1.29 is 14.3 Å². The minimum absolute atomic E-state index is 0.191. The lowest BCUT2D eigenvalue weighted by Crippen LogP contribution is -2.43. The molecule has 3 aromatic rings. The number of anilines is 2. The van der Waals surface area contributed by atoms with Crippen LogP contribution in [-0.4, -0.2) is 43.6 Å². The quantitative estimate of drug-likeness (QED) is 0.572. The van der Waals surface area contributed by atoms with Crippen LogP contribution in [0.1, 0.15) is 18.4 Å². The molecule has 170 valence electrons. The van der Waals surface area contributed by atoms with Gasteiger partial charge in [-0.3, -0.25) is 9.69 Å². The van der Waals surface area contributed by atoms with Crippen LogP contribution in [0.25, 0.3) is 11.1 Å². The molecule has 33 heavy (non-hydrogen) atoms. The predicted molar refractivity (Wildman–Crippen MR) is 131 cm³/mol. The van der Waals surface area contributed by atoms with Crippen molar-refractivity contribution in [1.29, 1.82) is 0 Å². The number of nitrogens with zero attached hydrogens (tertiary/aromatic N) is 2. The Morgan fingerprint density at radius 1 is 0.970 bits per heavy atom. The van der Waals surface area contributed by atoms with Gasteiger partial charge in [-0.25, -0.2) is 4.79 Å². The second kappa shape index (κ2) is 10.2. The highest BCUT2D eigenvalue weighted by atomic mass is 16.6. The topological polar surface area (TPSA) is 61.9 Å². The predicted octanol–water partition coefficient (Wildman–Crippen LogP) is 5.16. The van der Waals surface area contributed by atoms with E-state index in [1.54, 1.807) is 0 Å². The third-order valence-corrected chi connectivity index (χ3v) is 5.82. The van der Waals surface area contributed by atoms with E-state index in [1.807, 2.05) is 74.8 Å². The maximum absolute atomic E-state index is 13.0. The van der Waals surface area contributed by atoms with Crippen molar-refractivity contribution in [2.24, 2.45) is 0 Å². The molecule has 2 amide bonds. The minimum Gasteiger partial charge on any atom is -0.445 e. The lowest BCUT2D eigenvalue weighted by Gasteiger charge is -2.23. The smallest absolute Gasteiger partial charge is 0.410 e. The number of carbonyl (C=O) groups excluding carboxylic acids is 2. The molecule has 1 unspecified atom stereocenters. The standard InChI is InChI=1S/C27H29N3O3/c1-29(2)24-14-7-12-22(18-24)21-11-6-13-23(17-21)28-26(31)25-15-8-16-30(25)27(32)33-19-20-9-4-3-5-10-20/h3-7,9-14,17-18,25H,8,15-16,19H2,1-2H3,(H,28,31). The van der Waals surface area contributed by atoms with Gasteiger partial charge in [0, 0.05) is 32.0 Å². The number of amides is 2. The van der Waals surface area contributed by atoms with E-state index in [1.165, 1.54) is 4.90 Å². The van der Waals surface area contributed by atoms with E-state index >= 15 is 0 Å². The molecule has 1 fully saturated rings. The number of nitrogens with one attached hydrogen (secondary N) is 1. The normalized spacial score (nSPS) is 15.2. The third kappa shape index (κ3) is 5.52. The van der Waals surface area contributed by atoms with Crippen molar-refractivity contribution in [3.05, 3.63) is 84.4 Å². The fraction of sp³-hybridized carbons (Fsp3) is 0.259. The summed E-state index contributed by atoms with van der Waals surface area (Å²) in [5, 5.41) is 2.99. The van der Waals surface area contributed by atoms with Crippen LogP contribution in [0, 0.1) is 0 Å². The van der Waals surface area contributed by atoms with Gasteiger partial charge < -0.3 is 15.0 Å². The Morgan fingerprint density at radius 2 is 1.70 bits per heavy atom. The van der Waals surface area contributed by atoms with Crippen molar-refractivity contribution in [3.8, 4) is 11.1 Å². The fourth-order valence-corrected chi connectivity index (χ4v) is 4.03. The summed E-state index contributed by atoms with van der Waals surface area (Å²) in [4.78, 5) is 29.2.